The first kappa shape index (κ1) is 15.6. The van der Waals surface area contributed by atoms with Gasteiger partial charge in [0.25, 0.3) is 5.91 Å². The molecule has 0 spiro atoms. The lowest BCUT2D eigenvalue weighted by Crippen LogP contribution is -2.43. The lowest BCUT2D eigenvalue weighted by Gasteiger charge is -2.13. The van der Waals surface area contributed by atoms with Gasteiger partial charge in [-0.15, -0.1) is 0 Å². The molecule has 1 rings (SSSR count). The van der Waals surface area contributed by atoms with Crippen LogP contribution in [0.25, 0.3) is 0 Å². The second-order valence-corrected chi connectivity index (χ2v) is 3.81. The van der Waals surface area contributed by atoms with Crippen LogP contribution < -0.4 is 5.32 Å². The third kappa shape index (κ3) is 3.79. The highest BCUT2D eigenvalue weighted by Gasteiger charge is 2.23. The van der Waals surface area contributed by atoms with Crippen LogP contribution in [0.2, 0.25) is 0 Å². The molecule has 1 atom stereocenters. The molecule has 7 heteroatoms. The molecule has 0 heterocycles. The Labute approximate surface area is 115 Å². The molecular formula is C13H15NO6. The van der Waals surface area contributed by atoms with E-state index >= 15 is 0 Å². The van der Waals surface area contributed by atoms with E-state index in [1.165, 1.54) is 18.2 Å². The first-order valence-electron chi connectivity index (χ1n) is 5.92. The van der Waals surface area contributed by atoms with E-state index in [0.717, 1.165) is 0 Å². The molecule has 0 bridgehead atoms. The van der Waals surface area contributed by atoms with Crippen LogP contribution in [0.4, 0.5) is 0 Å². The van der Waals surface area contributed by atoms with Crippen molar-refractivity contribution < 1.29 is 29.3 Å². The molecule has 108 valence electrons. The van der Waals surface area contributed by atoms with E-state index in [9.17, 15) is 14.4 Å². The van der Waals surface area contributed by atoms with E-state index in [1.807, 2.05) is 0 Å². The standard InChI is InChI=1S/C13H15NO6/c1-2-20-13(19)9-6-4-3-5-8(9)11(16)14-10(7-15)12(17)18/h3-6,10,15H,2,7H2,1H3,(H,14,16)(H,17,18). The van der Waals surface area contributed by atoms with Crippen LogP contribution in [0.3, 0.4) is 0 Å². The van der Waals surface area contributed by atoms with E-state index in [-0.39, 0.29) is 17.7 Å². The third-order valence-corrected chi connectivity index (χ3v) is 2.45. The minimum atomic E-state index is -1.43. The molecule has 1 aromatic rings. The number of aliphatic carboxylic acids is 1. The van der Waals surface area contributed by atoms with Crippen LogP contribution in [0.15, 0.2) is 24.3 Å². The summed E-state index contributed by atoms with van der Waals surface area (Å²) >= 11 is 0. The lowest BCUT2D eigenvalue weighted by atomic mass is 10.1. The largest absolute Gasteiger partial charge is 0.480 e. The van der Waals surface area contributed by atoms with E-state index in [2.05, 4.69) is 5.32 Å². The van der Waals surface area contributed by atoms with Crippen molar-refractivity contribution in [3.63, 3.8) is 0 Å². The maximum absolute atomic E-state index is 12.0. The van der Waals surface area contributed by atoms with Gasteiger partial charge in [0.05, 0.1) is 24.3 Å². The Bertz CT molecular complexity index is 513. The van der Waals surface area contributed by atoms with Crippen molar-refractivity contribution in [2.24, 2.45) is 0 Å². The van der Waals surface area contributed by atoms with Crippen molar-refractivity contribution in [2.45, 2.75) is 13.0 Å². The number of esters is 1. The highest BCUT2D eigenvalue weighted by molar-refractivity contribution is 6.06. The topological polar surface area (TPSA) is 113 Å². The average Bonchev–Trinajstić information content (AvgIpc) is 2.44. The number of aliphatic hydroxyl groups excluding tert-OH is 1. The number of aliphatic hydroxyl groups is 1. The van der Waals surface area contributed by atoms with Gasteiger partial charge in [-0.1, -0.05) is 12.1 Å². The molecule has 0 saturated carbocycles. The minimum Gasteiger partial charge on any atom is -0.480 e. The van der Waals surface area contributed by atoms with Crippen molar-refractivity contribution in [3.05, 3.63) is 35.4 Å². The molecular weight excluding hydrogens is 266 g/mol. The van der Waals surface area contributed by atoms with Gasteiger partial charge in [-0.3, -0.25) is 4.79 Å². The zero-order chi connectivity index (χ0) is 15.1. The first-order chi connectivity index (χ1) is 9.51. The van der Waals surface area contributed by atoms with E-state index in [1.54, 1.807) is 13.0 Å². The summed E-state index contributed by atoms with van der Waals surface area (Å²) in [6.45, 7) is 1.04. The summed E-state index contributed by atoms with van der Waals surface area (Å²) in [6, 6.07) is 4.44. The zero-order valence-electron chi connectivity index (χ0n) is 10.8. The molecule has 0 aliphatic carbocycles. The first-order valence-corrected chi connectivity index (χ1v) is 5.92. The van der Waals surface area contributed by atoms with Crippen LogP contribution >= 0.6 is 0 Å². The third-order valence-electron chi connectivity index (χ3n) is 2.45. The SMILES string of the molecule is CCOC(=O)c1ccccc1C(=O)NC(CO)C(=O)O. The molecule has 0 aliphatic rings. The molecule has 1 aromatic carbocycles. The highest BCUT2D eigenvalue weighted by Crippen LogP contribution is 2.10. The monoisotopic (exact) mass is 281 g/mol. The van der Waals surface area contributed by atoms with Gasteiger partial charge in [0, 0.05) is 0 Å². The Balaban J connectivity index is 2.98. The van der Waals surface area contributed by atoms with Gasteiger partial charge in [0.2, 0.25) is 0 Å². The number of carbonyl (C=O) groups is 3. The van der Waals surface area contributed by atoms with Crippen molar-refractivity contribution in [3.8, 4) is 0 Å². The van der Waals surface area contributed by atoms with Crippen LogP contribution in [0, 0.1) is 0 Å². The summed E-state index contributed by atoms with van der Waals surface area (Å²) < 4.78 is 4.81. The van der Waals surface area contributed by atoms with E-state index in [4.69, 9.17) is 14.9 Å². The maximum atomic E-state index is 12.0. The zero-order valence-corrected chi connectivity index (χ0v) is 10.8. The smallest absolute Gasteiger partial charge is 0.338 e. The fourth-order valence-corrected chi connectivity index (χ4v) is 1.49. The highest BCUT2D eigenvalue weighted by atomic mass is 16.5. The number of carbonyl (C=O) groups excluding carboxylic acids is 2. The van der Waals surface area contributed by atoms with Crippen molar-refractivity contribution >= 4 is 17.8 Å². The fraction of sp³-hybridized carbons (Fsp3) is 0.308. The minimum absolute atomic E-state index is 0.00866. The van der Waals surface area contributed by atoms with Crippen molar-refractivity contribution in [1.82, 2.24) is 5.32 Å². The second-order valence-electron chi connectivity index (χ2n) is 3.81. The predicted octanol–water partition coefficient (Wildman–Crippen LogP) is 0.0386. The van der Waals surface area contributed by atoms with Crippen LogP contribution in [-0.2, 0) is 9.53 Å². The normalized spacial score (nSPS) is 11.5. The van der Waals surface area contributed by atoms with Crippen LogP contribution in [0.5, 0.6) is 0 Å². The molecule has 0 saturated heterocycles. The number of rotatable bonds is 6. The molecule has 1 unspecified atom stereocenters. The van der Waals surface area contributed by atoms with Crippen molar-refractivity contribution in [1.29, 1.82) is 0 Å². The molecule has 3 N–H and O–H groups in total. The number of amides is 1. The molecule has 20 heavy (non-hydrogen) atoms. The Kier molecular flexibility index (Phi) is 5.67. The number of nitrogens with one attached hydrogen (secondary N) is 1. The number of hydrogen-bond donors (Lipinski definition) is 3. The van der Waals surface area contributed by atoms with Gasteiger partial charge in [-0.2, -0.15) is 0 Å². The van der Waals surface area contributed by atoms with E-state index in [0.29, 0.717) is 0 Å². The Morgan fingerprint density at radius 1 is 1.25 bits per heavy atom. The van der Waals surface area contributed by atoms with Gasteiger partial charge in [0.15, 0.2) is 6.04 Å². The molecule has 0 aliphatic heterocycles. The summed E-state index contributed by atoms with van der Waals surface area (Å²) in [7, 11) is 0. The number of ether oxygens (including phenoxy) is 1. The second kappa shape index (κ2) is 7.25. The Morgan fingerprint density at radius 2 is 1.85 bits per heavy atom. The summed E-state index contributed by atoms with van der Waals surface area (Å²) in [4.78, 5) is 34.4. The molecule has 0 fully saturated rings. The summed E-state index contributed by atoms with van der Waals surface area (Å²) in [5.74, 6) is -2.81. The van der Waals surface area contributed by atoms with Gasteiger partial charge in [-0.05, 0) is 19.1 Å². The maximum Gasteiger partial charge on any atom is 0.338 e. The lowest BCUT2D eigenvalue weighted by molar-refractivity contribution is -0.140. The summed E-state index contributed by atoms with van der Waals surface area (Å²) in [6.07, 6.45) is 0. The van der Waals surface area contributed by atoms with E-state index < -0.39 is 30.5 Å². The Hall–Kier alpha value is -2.41. The summed E-state index contributed by atoms with van der Waals surface area (Å²) in [5, 5.41) is 19.8. The van der Waals surface area contributed by atoms with Crippen LogP contribution in [0.1, 0.15) is 27.6 Å². The Morgan fingerprint density at radius 3 is 2.35 bits per heavy atom. The van der Waals surface area contributed by atoms with Gasteiger partial charge in [-0.25, -0.2) is 9.59 Å². The fourth-order valence-electron chi connectivity index (χ4n) is 1.49. The summed E-state index contributed by atoms with van der Waals surface area (Å²) in [5.41, 5.74) is 0.0274. The predicted molar refractivity (Wildman–Crippen MR) is 68.4 cm³/mol. The number of benzene rings is 1. The molecule has 0 radical (unpaired) electrons. The van der Waals surface area contributed by atoms with Gasteiger partial charge in [0.1, 0.15) is 0 Å². The quantitative estimate of drug-likeness (QED) is 0.634. The van der Waals surface area contributed by atoms with Gasteiger partial charge < -0.3 is 20.3 Å². The van der Waals surface area contributed by atoms with Gasteiger partial charge >= 0.3 is 11.9 Å². The number of carboxylic acid groups (broad SMARTS) is 1. The van der Waals surface area contributed by atoms with Crippen molar-refractivity contribution in [2.75, 3.05) is 13.2 Å². The molecule has 1 amide bonds. The number of hydrogen-bond acceptors (Lipinski definition) is 5. The molecule has 7 nitrogen and oxygen atoms in total. The van der Waals surface area contributed by atoms with Crippen LogP contribution in [-0.4, -0.2) is 47.3 Å². The molecule has 0 aromatic heterocycles. The average molecular weight is 281 g/mol. The number of carboxylic acids is 1.